The highest BCUT2D eigenvalue weighted by atomic mass is 35.5. The second-order valence-electron chi connectivity index (χ2n) is 9.75. The van der Waals surface area contributed by atoms with Gasteiger partial charge in [0.2, 0.25) is 0 Å². The number of hydrogen-bond acceptors (Lipinski definition) is 3. The zero-order chi connectivity index (χ0) is 25.2. The van der Waals surface area contributed by atoms with Crippen LogP contribution in [0.2, 0.25) is 0 Å². The number of nitrogens with zero attached hydrogens (tertiary/aromatic N) is 2. The van der Waals surface area contributed by atoms with E-state index >= 15 is 0 Å². The fraction of sp³-hybridized carbons (Fsp3) is 0.188. The predicted octanol–water partition coefficient (Wildman–Crippen LogP) is 6.65. The van der Waals surface area contributed by atoms with Crippen molar-refractivity contribution in [3.05, 3.63) is 120 Å². The number of para-hydroxylation sites is 1. The number of rotatable bonds is 4. The summed E-state index contributed by atoms with van der Waals surface area (Å²) < 4.78 is 0. The first kappa shape index (κ1) is 25.7. The second-order valence-corrected chi connectivity index (χ2v) is 9.75. The molecule has 0 aliphatic carbocycles. The third-order valence-electron chi connectivity index (χ3n) is 7.44. The van der Waals surface area contributed by atoms with Crippen molar-refractivity contribution in [1.29, 1.82) is 0 Å². The number of amides is 2. The van der Waals surface area contributed by atoms with Crippen LogP contribution in [0, 0.1) is 0 Å². The van der Waals surface area contributed by atoms with E-state index in [0.717, 1.165) is 36.3 Å². The van der Waals surface area contributed by atoms with E-state index in [9.17, 15) is 9.59 Å². The van der Waals surface area contributed by atoms with Gasteiger partial charge in [0.1, 0.15) is 0 Å². The SMILES string of the molecule is Cl.O=C(Nc1ccc(C(=O)N2C[C@@H]3CCCN3Cc3ccccc32)cc1)c1ccccc1-c1ccccc1. The van der Waals surface area contributed by atoms with Crippen molar-refractivity contribution in [2.45, 2.75) is 25.4 Å². The maximum absolute atomic E-state index is 13.7. The Kier molecular flexibility index (Phi) is 7.59. The van der Waals surface area contributed by atoms with Crippen molar-refractivity contribution in [1.82, 2.24) is 4.90 Å². The van der Waals surface area contributed by atoms with E-state index in [1.807, 2.05) is 89.8 Å². The summed E-state index contributed by atoms with van der Waals surface area (Å²) in [6.07, 6.45) is 2.30. The molecule has 2 heterocycles. The summed E-state index contributed by atoms with van der Waals surface area (Å²) in [7, 11) is 0. The number of nitrogens with one attached hydrogen (secondary N) is 1. The molecule has 0 aromatic heterocycles. The molecule has 2 amide bonds. The molecule has 2 aliphatic rings. The zero-order valence-corrected chi connectivity index (χ0v) is 21.9. The van der Waals surface area contributed by atoms with Crippen LogP contribution in [-0.2, 0) is 6.54 Å². The van der Waals surface area contributed by atoms with E-state index in [1.165, 1.54) is 12.0 Å². The van der Waals surface area contributed by atoms with E-state index in [1.54, 1.807) is 12.1 Å². The number of benzene rings is 4. The molecule has 2 aliphatic heterocycles. The Morgan fingerprint density at radius 3 is 2.32 bits per heavy atom. The fourth-order valence-electron chi connectivity index (χ4n) is 5.54. The van der Waals surface area contributed by atoms with E-state index in [2.05, 4.69) is 16.3 Å². The lowest BCUT2D eigenvalue weighted by Gasteiger charge is -2.26. The standard InChI is InChI=1S/C32H29N3O2.ClH/c36-31(29-14-6-5-13-28(29)23-9-2-1-3-10-23)33-26-18-16-24(17-19-26)32(37)35-22-27-12-8-20-34(27)21-25-11-4-7-15-30(25)35;/h1-7,9-11,13-19,27H,8,12,20-22H2,(H,33,36);1H/t27-;/m0./s1. The van der Waals surface area contributed by atoms with Crippen LogP contribution in [0.3, 0.4) is 0 Å². The summed E-state index contributed by atoms with van der Waals surface area (Å²) in [5.74, 6) is -0.185. The smallest absolute Gasteiger partial charge is 0.258 e. The van der Waals surface area contributed by atoms with Crippen LogP contribution in [0.15, 0.2) is 103 Å². The summed E-state index contributed by atoms with van der Waals surface area (Å²) in [5.41, 5.74) is 5.95. The molecule has 0 spiro atoms. The van der Waals surface area contributed by atoms with Crippen LogP contribution in [0.25, 0.3) is 11.1 Å². The quantitative estimate of drug-likeness (QED) is 0.326. The molecule has 0 radical (unpaired) electrons. The topological polar surface area (TPSA) is 52.7 Å². The number of hydrogen-bond donors (Lipinski definition) is 1. The number of carbonyl (C=O) groups excluding carboxylic acids is 2. The molecule has 6 heteroatoms. The predicted molar refractivity (Wildman–Crippen MR) is 155 cm³/mol. The van der Waals surface area contributed by atoms with E-state index in [0.29, 0.717) is 29.4 Å². The second kappa shape index (κ2) is 11.2. The highest BCUT2D eigenvalue weighted by Crippen LogP contribution is 2.32. The van der Waals surface area contributed by atoms with Crippen LogP contribution < -0.4 is 10.2 Å². The van der Waals surface area contributed by atoms with Crippen molar-refractivity contribution in [3.63, 3.8) is 0 Å². The molecule has 1 saturated heterocycles. The summed E-state index contributed by atoms with van der Waals surface area (Å²) in [4.78, 5) is 31.3. The molecule has 0 bridgehead atoms. The minimum absolute atomic E-state index is 0. The van der Waals surface area contributed by atoms with Crippen molar-refractivity contribution in [2.75, 3.05) is 23.3 Å². The van der Waals surface area contributed by atoms with E-state index in [4.69, 9.17) is 0 Å². The van der Waals surface area contributed by atoms with Crippen molar-refractivity contribution < 1.29 is 9.59 Å². The first-order valence-corrected chi connectivity index (χ1v) is 12.9. The summed E-state index contributed by atoms with van der Waals surface area (Å²) >= 11 is 0. The maximum Gasteiger partial charge on any atom is 0.258 e. The molecule has 5 nitrogen and oxygen atoms in total. The first-order valence-electron chi connectivity index (χ1n) is 12.9. The Balaban J connectivity index is 0.00000294. The van der Waals surface area contributed by atoms with Gasteiger partial charge < -0.3 is 10.2 Å². The summed E-state index contributed by atoms with van der Waals surface area (Å²) in [6, 6.07) is 33.3. The van der Waals surface area contributed by atoms with Gasteiger partial charge in [0.15, 0.2) is 0 Å². The van der Waals surface area contributed by atoms with Gasteiger partial charge in [0.05, 0.1) is 0 Å². The van der Waals surface area contributed by atoms with Crippen molar-refractivity contribution in [3.8, 4) is 11.1 Å². The van der Waals surface area contributed by atoms with Gasteiger partial charge in [-0.1, -0.05) is 66.7 Å². The Hall–Kier alpha value is -3.93. The maximum atomic E-state index is 13.7. The Morgan fingerprint density at radius 1 is 0.789 bits per heavy atom. The molecule has 0 saturated carbocycles. The lowest BCUT2D eigenvalue weighted by Crippen LogP contribution is -2.40. The highest BCUT2D eigenvalue weighted by Gasteiger charge is 2.33. The minimum atomic E-state index is -0.179. The molecule has 1 atom stereocenters. The summed E-state index contributed by atoms with van der Waals surface area (Å²) in [5, 5.41) is 3.00. The molecule has 192 valence electrons. The first-order chi connectivity index (χ1) is 18.2. The van der Waals surface area contributed by atoms with Gasteiger partial charge in [-0.2, -0.15) is 0 Å². The van der Waals surface area contributed by atoms with Crippen LogP contribution in [0.5, 0.6) is 0 Å². The molecule has 38 heavy (non-hydrogen) atoms. The normalized spacial score (nSPS) is 16.5. The highest BCUT2D eigenvalue weighted by molar-refractivity contribution is 6.10. The monoisotopic (exact) mass is 523 g/mol. The fourth-order valence-corrected chi connectivity index (χ4v) is 5.54. The third kappa shape index (κ3) is 5.08. The van der Waals surface area contributed by atoms with Crippen LogP contribution in [-0.4, -0.2) is 35.8 Å². The van der Waals surface area contributed by atoms with Crippen molar-refractivity contribution >= 4 is 35.6 Å². The molecule has 4 aromatic carbocycles. The number of anilines is 2. The Labute approximate surface area is 229 Å². The number of halogens is 1. The van der Waals surface area contributed by atoms with Crippen LogP contribution in [0.1, 0.15) is 39.1 Å². The molecular formula is C32H30ClN3O2. The Morgan fingerprint density at radius 2 is 1.50 bits per heavy atom. The molecule has 4 aromatic rings. The van der Waals surface area contributed by atoms with Gasteiger partial charge in [-0.15, -0.1) is 12.4 Å². The van der Waals surface area contributed by atoms with Gasteiger partial charge in [-0.05, 0) is 72.5 Å². The molecule has 0 unspecified atom stereocenters. The van der Waals surface area contributed by atoms with Crippen molar-refractivity contribution in [2.24, 2.45) is 0 Å². The average Bonchev–Trinajstić information content (AvgIpc) is 3.32. The Bertz CT molecular complexity index is 1440. The van der Waals surface area contributed by atoms with Crippen LogP contribution in [0.4, 0.5) is 11.4 Å². The number of carbonyl (C=O) groups is 2. The van der Waals surface area contributed by atoms with Gasteiger partial charge in [0.25, 0.3) is 11.8 Å². The third-order valence-corrected chi connectivity index (χ3v) is 7.44. The lowest BCUT2D eigenvalue weighted by molar-refractivity contribution is 0.0980. The molecular weight excluding hydrogens is 494 g/mol. The largest absolute Gasteiger partial charge is 0.322 e. The molecule has 1 fully saturated rings. The minimum Gasteiger partial charge on any atom is -0.322 e. The lowest BCUT2D eigenvalue weighted by atomic mass is 9.99. The zero-order valence-electron chi connectivity index (χ0n) is 21.0. The average molecular weight is 524 g/mol. The summed E-state index contributed by atoms with van der Waals surface area (Å²) in [6.45, 7) is 2.67. The number of fused-ring (bicyclic) bond motifs is 2. The van der Waals surface area contributed by atoms with Gasteiger partial charge >= 0.3 is 0 Å². The van der Waals surface area contributed by atoms with E-state index < -0.39 is 0 Å². The van der Waals surface area contributed by atoms with Gasteiger partial charge in [-0.3, -0.25) is 14.5 Å². The van der Waals surface area contributed by atoms with E-state index in [-0.39, 0.29) is 24.2 Å². The van der Waals surface area contributed by atoms with Crippen LogP contribution >= 0.6 is 12.4 Å². The molecule has 6 rings (SSSR count). The molecule has 1 N–H and O–H groups in total. The van der Waals surface area contributed by atoms with Gasteiger partial charge in [-0.25, -0.2) is 0 Å². The van der Waals surface area contributed by atoms with Gasteiger partial charge in [0, 0.05) is 41.6 Å².